The minimum atomic E-state index is 0.250. The highest BCUT2D eigenvalue weighted by Crippen LogP contribution is 2.28. The maximum absolute atomic E-state index is 9.42. The molecule has 2 N–H and O–H groups in total. The number of benzene rings is 1. The van der Waals surface area contributed by atoms with Gasteiger partial charge < -0.3 is 10.4 Å². The lowest BCUT2D eigenvalue weighted by atomic mass is 10.1. The highest BCUT2D eigenvalue weighted by atomic mass is 35.5. The maximum Gasteiger partial charge on any atom is 0.121 e. The van der Waals surface area contributed by atoms with Gasteiger partial charge in [0.1, 0.15) is 5.75 Å². The van der Waals surface area contributed by atoms with E-state index in [2.05, 4.69) is 5.32 Å². The van der Waals surface area contributed by atoms with Gasteiger partial charge >= 0.3 is 0 Å². The molecule has 0 aromatic heterocycles. The van der Waals surface area contributed by atoms with Crippen LogP contribution in [-0.4, -0.2) is 12.2 Å². The largest absolute Gasteiger partial charge is 0.508 e. The van der Waals surface area contributed by atoms with E-state index in [0.29, 0.717) is 11.6 Å². The third-order valence-electron chi connectivity index (χ3n) is 1.77. The fourth-order valence-electron chi connectivity index (χ4n) is 1.07. The zero-order valence-electron chi connectivity index (χ0n) is 7.19. The Bertz CT molecular complexity index is 286. The smallest absolute Gasteiger partial charge is 0.121 e. The Morgan fingerprint density at radius 3 is 2.75 bits per heavy atom. The molecule has 2 nitrogen and oxygen atoms in total. The normalized spacial score (nSPS) is 10.2. The fraction of sp³-hybridized carbons (Fsp3) is 0.333. The second-order valence-electron chi connectivity index (χ2n) is 2.72. The van der Waals surface area contributed by atoms with Crippen LogP contribution in [0.15, 0.2) is 12.1 Å². The number of rotatable bonds is 2. The quantitative estimate of drug-likeness (QED) is 0.740. The van der Waals surface area contributed by atoms with E-state index in [1.807, 2.05) is 14.0 Å². The van der Waals surface area contributed by atoms with Gasteiger partial charge in [0.25, 0.3) is 0 Å². The maximum atomic E-state index is 9.42. The van der Waals surface area contributed by atoms with Crippen LogP contribution in [-0.2, 0) is 6.54 Å². The average Bonchev–Trinajstić information content (AvgIpc) is 2.06. The Morgan fingerprint density at radius 1 is 1.50 bits per heavy atom. The molecule has 3 heteroatoms. The van der Waals surface area contributed by atoms with Gasteiger partial charge in [0.05, 0.1) is 5.02 Å². The molecule has 12 heavy (non-hydrogen) atoms. The predicted octanol–water partition coefficient (Wildman–Crippen LogP) is 2.07. The fourth-order valence-corrected chi connectivity index (χ4v) is 1.30. The summed E-state index contributed by atoms with van der Waals surface area (Å²) < 4.78 is 0. The molecule has 0 aliphatic heterocycles. The second-order valence-corrected chi connectivity index (χ2v) is 3.10. The van der Waals surface area contributed by atoms with Gasteiger partial charge in [-0.3, -0.25) is 0 Å². The molecule has 0 saturated carbocycles. The van der Waals surface area contributed by atoms with Gasteiger partial charge in [-0.1, -0.05) is 17.7 Å². The molecule has 0 heterocycles. The molecule has 1 aromatic carbocycles. The van der Waals surface area contributed by atoms with Crippen molar-refractivity contribution in [2.75, 3.05) is 7.05 Å². The Balaban J connectivity index is 3.14. The minimum absolute atomic E-state index is 0.250. The van der Waals surface area contributed by atoms with E-state index in [-0.39, 0.29) is 5.75 Å². The van der Waals surface area contributed by atoms with Gasteiger partial charge in [0.2, 0.25) is 0 Å². The summed E-state index contributed by atoms with van der Waals surface area (Å²) in [6, 6.07) is 3.46. The SMILES string of the molecule is CNCc1c(O)ccc(C)c1Cl. The molecule has 0 saturated heterocycles. The predicted molar refractivity (Wildman–Crippen MR) is 50.6 cm³/mol. The summed E-state index contributed by atoms with van der Waals surface area (Å²) in [7, 11) is 1.82. The Labute approximate surface area is 77.2 Å². The van der Waals surface area contributed by atoms with Crippen LogP contribution in [0.4, 0.5) is 0 Å². The number of aromatic hydroxyl groups is 1. The average molecular weight is 186 g/mol. The monoisotopic (exact) mass is 185 g/mol. The molecule has 0 unspecified atom stereocenters. The summed E-state index contributed by atoms with van der Waals surface area (Å²) in [5, 5.41) is 13.0. The molecule has 0 spiro atoms. The summed E-state index contributed by atoms with van der Waals surface area (Å²) in [5.74, 6) is 0.250. The first-order chi connectivity index (χ1) is 5.66. The first-order valence-electron chi connectivity index (χ1n) is 3.78. The van der Waals surface area contributed by atoms with Crippen molar-refractivity contribution in [3.05, 3.63) is 28.3 Å². The summed E-state index contributed by atoms with van der Waals surface area (Å²) in [5.41, 5.74) is 1.75. The van der Waals surface area contributed by atoms with Crippen LogP contribution in [0, 0.1) is 6.92 Å². The van der Waals surface area contributed by atoms with Crippen LogP contribution in [0.1, 0.15) is 11.1 Å². The number of nitrogens with one attached hydrogen (secondary N) is 1. The van der Waals surface area contributed by atoms with Gasteiger partial charge in [-0.05, 0) is 25.6 Å². The lowest BCUT2D eigenvalue weighted by Gasteiger charge is -2.08. The number of halogens is 1. The molecule has 0 fully saturated rings. The van der Waals surface area contributed by atoms with Crippen LogP contribution in [0.2, 0.25) is 5.02 Å². The first kappa shape index (κ1) is 9.36. The van der Waals surface area contributed by atoms with Crippen LogP contribution in [0.5, 0.6) is 5.75 Å². The van der Waals surface area contributed by atoms with Crippen molar-refractivity contribution >= 4 is 11.6 Å². The van der Waals surface area contributed by atoms with Crippen molar-refractivity contribution in [1.82, 2.24) is 5.32 Å². The number of hydrogen-bond acceptors (Lipinski definition) is 2. The van der Waals surface area contributed by atoms with E-state index < -0.39 is 0 Å². The van der Waals surface area contributed by atoms with Crippen LogP contribution < -0.4 is 5.32 Å². The van der Waals surface area contributed by atoms with E-state index in [1.54, 1.807) is 12.1 Å². The van der Waals surface area contributed by atoms with E-state index in [4.69, 9.17) is 11.6 Å². The van der Waals surface area contributed by atoms with Crippen LogP contribution in [0.25, 0.3) is 0 Å². The zero-order valence-corrected chi connectivity index (χ0v) is 7.94. The third-order valence-corrected chi connectivity index (χ3v) is 2.29. The van der Waals surface area contributed by atoms with E-state index in [9.17, 15) is 5.11 Å². The van der Waals surface area contributed by atoms with Crippen molar-refractivity contribution in [1.29, 1.82) is 0 Å². The number of phenols is 1. The molecule has 0 bridgehead atoms. The van der Waals surface area contributed by atoms with E-state index in [1.165, 1.54) is 0 Å². The molecule has 66 valence electrons. The highest BCUT2D eigenvalue weighted by molar-refractivity contribution is 6.32. The van der Waals surface area contributed by atoms with Crippen molar-refractivity contribution in [3.63, 3.8) is 0 Å². The Morgan fingerprint density at radius 2 is 2.17 bits per heavy atom. The Kier molecular flexibility index (Phi) is 2.95. The van der Waals surface area contributed by atoms with Crippen molar-refractivity contribution < 1.29 is 5.11 Å². The third kappa shape index (κ3) is 1.71. The number of hydrogen-bond donors (Lipinski definition) is 2. The van der Waals surface area contributed by atoms with Gasteiger partial charge in [0.15, 0.2) is 0 Å². The van der Waals surface area contributed by atoms with Crippen molar-refractivity contribution in [2.24, 2.45) is 0 Å². The van der Waals surface area contributed by atoms with Gasteiger partial charge in [-0.15, -0.1) is 0 Å². The molecule has 1 aromatic rings. The van der Waals surface area contributed by atoms with Gasteiger partial charge in [-0.25, -0.2) is 0 Å². The summed E-state index contributed by atoms with van der Waals surface area (Å²) >= 11 is 5.98. The molecule has 0 atom stereocenters. The molecular formula is C9H12ClNO. The summed E-state index contributed by atoms with van der Waals surface area (Å²) in [6.45, 7) is 2.51. The molecular weight excluding hydrogens is 174 g/mol. The van der Waals surface area contributed by atoms with Crippen LogP contribution in [0.3, 0.4) is 0 Å². The Hall–Kier alpha value is -0.730. The molecule has 0 radical (unpaired) electrons. The minimum Gasteiger partial charge on any atom is -0.508 e. The zero-order chi connectivity index (χ0) is 9.14. The first-order valence-corrected chi connectivity index (χ1v) is 4.16. The second kappa shape index (κ2) is 3.78. The summed E-state index contributed by atoms with van der Waals surface area (Å²) in [6.07, 6.45) is 0. The lowest BCUT2D eigenvalue weighted by molar-refractivity contribution is 0.466. The van der Waals surface area contributed by atoms with Crippen molar-refractivity contribution in [3.8, 4) is 5.75 Å². The number of phenolic OH excluding ortho intramolecular Hbond substituents is 1. The van der Waals surface area contributed by atoms with Crippen molar-refractivity contribution in [2.45, 2.75) is 13.5 Å². The molecule has 0 aliphatic rings. The standard InChI is InChI=1S/C9H12ClNO/c1-6-3-4-8(12)7(5-11-2)9(6)10/h3-4,11-12H,5H2,1-2H3. The number of aryl methyl sites for hydroxylation is 1. The molecule has 0 amide bonds. The lowest BCUT2D eigenvalue weighted by Crippen LogP contribution is -2.06. The molecule has 0 aliphatic carbocycles. The summed E-state index contributed by atoms with van der Waals surface area (Å²) in [4.78, 5) is 0. The molecule has 1 rings (SSSR count). The van der Waals surface area contributed by atoms with Gasteiger partial charge in [0, 0.05) is 12.1 Å². The van der Waals surface area contributed by atoms with E-state index >= 15 is 0 Å². The topological polar surface area (TPSA) is 32.3 Å². The van der Waals surface area contributed by atoms with Gasteiger partial charge in [-0.2, -0.15) is 0 Å². The van der Waals surface area contributed by atoms with Crippen LogP contribution >= 0.6 is 11.6 Å². The van der Waals surface area contributed by atoms with E-state index in [0.717, 1.165) is 11.1 Å². The highest BCUT2D eigenvalue weighted by Gasteiger charge is 2.06.